The number of hydrogen-bond donors (Lipinski definition) is 0. The van der Waals surface area contributed by atoms with E-state index in [1.807, 2.05) is 9.47 Å². The molecule has 2 heterocycles. The van der Waals surface area contributed by atoms with Crippen LogP contribution < -0.4 is 0 Å². The lowest BCUT2D eigenvalue weighted by atomic mass is 10.0. The molecule has 0 aromatic carbocycles. The minimum atomic E-state index is 0.233. The molecule has 1 atom stereocenters. The minimum Gasteiger partial charge on any atom is -0.324 e. The largest absolute Gasteiger partial charge is 0.324 e. The summed E-state index contributed by atoms with van der Waals surface area (Å²) < 4.78 is 4.23. The summed E-state index contributed by atoms with van der Waals surface area (Å²) in [5.74, 6) is 0.740. The van der Waals surface area contributed by atoms with Gasteiger partial charge in [-0.1, -0.05) is 13.3 Å². The van der Waals surface area contributed by atoms with E-state index >= 15 is 0 Å². The first kappa shape index (κ1) is 14.5. The van der Waals surface area contributed by atoms with Gasteiger partial charge in [0.15, 0.2) is 4.73 Å². The number of likely N-dealkylation sites (tertiary alicyclic amines) is 1. The van der Waals surface area contributed by atoms with E-state index in [0.717, 1.165) is 28.6 Å². The van der Waals surface area contributed by atoms with Gasteiger partial charge in [0.2, 0.25) is 5.91 Å². The summed E-state index contributed by atoms with van der Waals surface area (Å²) in [4.78, 5) is 18.1. The van der Waals surface area contributed by atoms with Crippen LogP contribution in [0.3, 0.4) is 0 Å². The highest BCUT2D eigenvalue weighted by molar-refractivity contribution is 9.13. The Morgan fingerprint density at radius 3 is 2.67 bits per heavy atom. The molecule has 1 aromatic heterocycles. The van der Waals surface area contributed by atoms with E-state index in [0.29, 0.717) is 23.7 Å². The van der Waals surface area contributed by atoms with Crippen LogP contribution in [-0.2, 0) is 11.5 Å². The predicted octanol–water partition coefficient (Wildman–Crippen LogP) is 3.78. The second-order valence-electron chi connectivity index (χ2n) is 4.51. The number of carbonyl (C=O) groups excluding carboxylic acids is 1. The molecule has 0 spiro atoms. The first-order valence-corrected chi connectivity index (χ1v) is 8.25. The number of halogens is 3. The number of amides is 1. The van der Waals surface area contributed by atoms with Gasteiger partial charge in [-0.2, -0.15) is 0 Å². The highest BCUT2D eigenvalue weighted by Crippen LogP contribution is 2.29. The standard InChI is InChI=1S/C11H14Br3N3O/c1-2-3-7-4-8(18)16(5-7)6-17-10(13)9(12)15-11(17)14/h7H,2-6H2,1H3. The van der Waals surface area contributed by atoms with Gasteiger partial charge in [-0.3, -0.25) is 9.36 Å². The van der Waals surface area contributed by atoms with Gasteiger partial charge in [0.05, 0.1) is 0 Å². The molecule has 0 bridgehead atoms. The Labute approximate surface area is 132 Å². The first-order valence-electron chi connectivity index (χ1n) is 5.87. The van der Waals surface area contributed by atoms with Crippen molar-refractivity contribution >= 4 is 53.7 Å². The molecule has 7 heteroatoms. The number of hydrogen-bond acceptors (Lipinski definition) is 2. The summed E-state index contributed by atoms with van der Waals surface area (Å²) in [5, 5.41) is 0. The summed E-state index contributed by atoms with van der Waals surface area (Å²) >= 11 is 10.2. The molecule has 0 saturated carbocycles. The summed E-state index contributed by atoms with van der Waals surface area (Å²) in [6, 6.07) is 0. The van der Waals surface area contributed by atoms with Gasteiger partial charge >= 0.3 is 0 Å². The van der Waals surface area contributed by atoms with Gasteiger partial charge in [0, 0.05) is 13.0 Å². The average Bonchev–Trinajstić information content (AvgIpc) is 2.76. The van der Waals surface area contributed by atoms with Crippen molar-refractivity contribution in [3.63, 3.8) is 0 Å². The SMILES string of the molecule is CCCC1CC(=O)N(Cn2c(Br)nc(Br)c2Br)C1. The van der Waals surface area contributed by atoms with Crippen LogP contribution in [0.4, 0.5) is 0 Å². The number of nitrogens with zero attached hydrogens (tertiary/aromatic N) is 3. The van der Waals surface area contributed by atoms with Crippen molar-refractivity contribution in [3.05, 3.63) is 13.9 Å². The quantitative estimate of drug-likeness (QED) is 0.710. The van der Waals surface area contributed by atoms with Gasteiger partial charge in [-0.05, 0) is 60.1 Å². The molecule has 1 amide bonds. The molecule has 100 valence electrons. The Hall–Kier alpha value is 0.120. The van der Waals surface area contributed by atoms with Crippen LogP contribution >= 0.6 is 47.8 Å². The van der Waals surface area contributed by atoms with E-state index in [1.54, 1.807) is 0 Å². The summed E-state index contributed by atoms with van der Waals surface area (Å²) in [6.45, 7) is 3.55. The van der Waals surface area contributed by atoms with E-state index in [2.05, 4.69) is 59.7 Å². The van der Waals surface area contributed by atoms with Crippen molar-refractivity contribution in [3.8, 4) is 0 Å². The lowest BCUT2D eigenvalue weighted by Crippen LogP contribution is -2.28. The molecule has 1 fully saturated rings. The zero-order valence-electron chi connectivity index (χ0n) is 10.00. The molecule has 1 aliphatic heterocycles. The van der Waals surface area contributed by atoms with Crippen molar-refractivity contribution < 1.29 is 4.79 Å². The number of imidazole rings is 1. The maximum atomic E-state index is 11.9. The van der Waals surface area contributed by atoms with E-state index in [4.69, 9.17) is 0 Å². The zero-order valence-corrected chi connectivity index (χ0v) is 14.8. The molecule has 1 unspecified atom stereocenters. The van der Waals surface area contributed by atoms with Crippen LogP contribution in [0.25, 0.3) is 0 Å². The third-order valence-corrected chi connectivity index (χ3v) is 5.62. The van der Waals surface area contributed by atoms with Gasteiger partial charge in [-0.15, -0.1) is 0 Å². The summed E-state index contributed by atoms with van der Waals surface area (Å²) in [6.07, 6.45) is 2.94. The van der Waals surface area contributed by atoms with Crippen LogP contribution in [0, 0.1) is 5.92 Å². The lowest BCUT2D eigenvalue weighted by molar-refractivity contribution is -0.129. The molecule has 0 N–H and O–H groups in total. The Kier molecular flexibility index (Phi) is 4.88. The Bertz CT molecular complexity index is 461. The third-order valence-electron chi connectivity index (χ3n) is 3.12. The van der Waals surface area contributed by atoms with Gasteiger partial charge in [0.1, 0.15) is 15.9 Å². The van der Waals surface area contributed by atoms with E-state index in [-0.39, 0.29) is 5.91 Å². The van der Waals surface area contributed by atoms with E-state index in [1.165, 1.54) is 0 Å². The third kappa shape index (κ3) is 2.99. The van der Waals surface area contributed by atoms with Crippen molar-refractivity contribution in [2.24, 2.45) is 5.92 Å². The molecule has 0 aliphatic carbocycles. The summed E-state index contributed by atoms with van der Waals surface area (Å²) in [5.41, 5.74) is 0. The number of carbonyl (C=O) groups is 1. The van der Waals surface area contributed by atoms with Crippen LogP contribution in [0.15, 0.2) is 13.9 Å². The average molecular weight is 444 g/mol. The molecule has 1 aliphatic rings. The maximum absolute atomic E-state index is 11.9. The van der Waals surface area contributed by atoms with Crippen LogP contribution in [-0.4, -0.2) is 26.9 Å². The highest BCUT2D eigenvalue weighted by atomic mass is 79.9. The Morgan fingerprint density at radius 2 is 2.11 bits per heavy atom. The molecule has 0 radical (unpaired) electrons. The van der Waals surface area contributed by atoms with Crippen molar-refractivity contribution in [2.45, 2.75) is 32.9 Å². The second-order valence-corrected chi connectivity index (χ2v) is 6.72. The smallest absolute Gasteiger partial charge is 0.224 e. The zero-order chi connectivity index (χ0) is 13.3. The molecular weight excluding hydrogens is 430 g/mol. The molecule has 1 saturated heterocycles. The highest BCUT2D eigenvalue weighted by Gasteiger charge is 2.29. The van der Waals surface area contributed by atoms with Crippen molar-refractivity contribution in [1.82, 2.24) is 14.5 Å². The van der Waals surface area contributed by atoms with E-state index in [9.17, 15) is 4.79 Å². The minimum absolute atomic E-state index is 0.233. The maximum Gasteiger partial charge on any atom is 0.224 e. The van der Waals surface area contributed by atoms with Crippen LogP contribution in [0.5, 0.6) is 0 Å². The fourth-order valence-electron chi connectivity index (χ4n) is 2.26. The second kappa shape index (κ2) is 6.05. The molecule has 18 heavy (non-hydrogen) atoms. The molecule has 1 aromatic rings. The predicted molar refractivity (Wildman–Crippen MR) is 80.1 cm³/mol. The van der Waals surface area contributed by atoms with Crippen molar-refractivity contribution in [2.75, 3.05) is 6.54 Å². The van der Waals surface area contributed by atoms with Crippen LogP contribution in [0.1, 0.15) is 26.2 Å². The monoisotopic (exact) mass is 441 g/mol. The summed E-state index contributed by atoms with van der Waals surface area (Å²) in [7, 11) is 0. The fraction of sp³-hybridized carbons (Fsp3) is 0.636. The molecule has 4 nitrogen and oxygen atoms in total. The molecule has 2 rings (SSSR count). The molecular formula is C11H14Br3N3O. The normalized spacial score (nSPS) is 19.9. The van der Waals surface area contributed by atoms with Crippen LogP contribution in [0.2, 0.25) is 0 Å². The van der Waals surface area contributed by atoms with E-state index < -0.39 is 0 Å². The topological polar surface area (TPSA) is 38.1 Å². The Morgan fingerprint density at radius 1 is 1.39 bits per heavy atom. The van der Waals surface area contributed by atoms with Gasteiger partial charge in [0.25, 0.3) is 0 Å². The fourth-order valence-corrected chi connectivity index (χ4v) is 3.96. The first-order chi connectivity index (χ1) is 8.52. The number of rotatable bonds is 4. The Balaban J connectivity index is 2.08. The lowest BCUT2D eigenvalue weighted by Gasteiger charge is -2.18. The van der Waals surface area contributed by atoms with Gasteiger partial charge in [-0.25, -0.2) is 4.98 Å². The van der Waals surface area contributed by atoms with Crippen molar-refractivity contribution in [1.29, 1.82) is 0 Å². The van der Waals surface area contributed by atoms with Gasteiger partial charge < -0.3 is 4.90 Å². The number of aromatic nitrogens is 2.